The van der Waals surface area contributed by atoms with E-state index in [1.165, 1.54) is 271 Å². The second kappa shape index (κ2) is 30.8. The molecule has 0 unspecified atom stereocenters. The maximum atomic E-state index is 2.36. The van der Waals surface area contributed by atoms with Gasteiger partial charge in [-0.3, -0.25) is 0 Å². The van der Waals surface area contributed by atoms with Gasteiger partial charge in [0.25, 0.3) is 0 Å². The maximum Gasteiger partial charge on any atom is 0.0574 e. The fourth-order valence-corrected chi connectivity index (χ4v) is 23.0. The molecule has 6 heteroatoms. The zero-order chi connectivity index (χ0) is 89.2. The molecular weight excluding hydrogens is 1620 g/mol. The van der Waals surface area contributed by atoms with Gasteiger partial charge in [0, 0.05) is 167 Å². The first-order chi connectivity index (χ1) is 66.0. The third kappa shape index (κ3) is 12.0. The van der Waals surface area contributed by atoms with Gasteiger partial charge in [-0.15, -0.1) is 0 Å². The monoisotopic (exact) mass is 1710 g/mol. The molecule has 0 amide bonds. The van der Waals surface area contributed by atoms with Crippen molar-refractivity contribution in [3.8, 4) is 0 Å². The Labute approximate surface area is 771 Å². The standard InChI is InChI=1S/C23H15N.5C21H15N/c1-24-19-8-3-2-7-17(19)23-18-12-11-15-6-4-5-14-9-10-16(13-20(23)24)22(18)21(14)15;1-22-19-13-7-6-12-18(19)20-16-10-4-2-8-14(16)15-9-3-5-11-17(15)21(20)22;1-22-20-12-16-8-4-2-6-14(16)10-18(20)19-11-15-7-3-5-9-17(15)13-21(19)22;1-22-18-12-10-14-6-2-4-8-16(14)20(18)21-17-9-5-3-7-15(17)11-13-19(21)22;1-22-20-16-8-4-2-6-14(16)10-12-18(20)19-13-11-15-7-3-5-9-17(15)21(19)22;1-22-19-11-10-14-6-4-5-9-17(14)21(19)18-12-15-7-2-3-8-16(15)13-20(18)22/h2-13H,1H3;5*2-13H,1H3. The first-order valence-corrected chi connectivity index (χ1v) is 46.5. The molecule has 31 aromatic rings. The largest absolute Gasteiger partial charge is 0.344 e. The Morgan fingerprint density at radius 3 is 0.873 bits per heavy atom. The van der Waals surface area contributed by atoms with E-state index in [1.807, 2.05) is 0 Å². The Bertz CT molecular complexity index is 10000. The van der Waals surface area contributed by atoms with Crippen molar-refractivity contribution >= 4 is 271 Å². The van der Waals surface area contributed by atoms with Crippen LogP contribution in [-0.4, -0.2) is 27.4 Å². The van der Waals surface area contributed by atoms with E-state index in [4.69, 9.17) is 0 Å². The van der Waals surface area contributed by atoms with Gasteiger partial charge in [0.15, 0.2) is 0 Å². The van der Waals surface area contributed by atoms with Crippen LogP contribution >= 0.6 is 0 Å². The molecule has 0 fully saturated rings. The lowest BCUT2D eigenvalue weighted by molar-refractivity contribution is 1.02. The number of benzene rings is 25. The lowest BCUT2D eigenvalue weighted by Crippen LogP contribution is -1.88. The predicted octanol–water partition coefficient (Wildman–Crippen LogP) is 34.4. The minimum atomic E-state index is 1.29. The van der Waals surface area contributed by atoms with Crippen LogP contribution in [0.3, 0.4) is 0 Å². The highest BCUT2D eigenvalue weighted by atomic mass is 15.0. The average molecular weight is 1710 g/mol. The fourth-order valence-electron chi connectivity index (χ4n) is 23.0. The minimum Gasteiger partial charge on any atom is -0.344 e. The molecule has 0 aliphatic rings. The van der Waals surface area contributed by atoms with Crippen molar-refractivity contribution in [1.82, 2.24) is 27.4 Å². The number of para-hydroxylation sites is 2. The number of hydrogen-bond donors (Lipinski definition) is 0. The van der Waals surface area contributed by atoms with Gasteiger partial charge < -0.3 is 27.4 Å². The molecule has 31 rings (SSSR count). The highest BCUT2D eigenvalue weighted by Crippen LogP contribution is 2.47. The number of fused-ring (bicyclic) bond motifs is 37. The Morgan fingerprint density at radius 1 is 0.104 bits per heavy atom. The Balaban J connectivity index is 0.0000000839. The summed E-state index contributed by atoms with van der Waals surface area (Å²) in [5.41, 5.74) is 15.6. The van der Waals surface area contributed by atoms with Crippen molar-refractivity contribution in [2.45, 2.75) is 0 Å². The number of hydrogen-bond acceptors (Lipinski definition) is 0. The summed E-state index contributed by atoms with van der Waals surface area (Å²) in [4.78, 5) is 0. The molecule has 6 nitrogen and oxygen atoms in total. The zero-order valence-electron chi connectivity index (χ0n) is 75.3. The summed E-state index contributed by atoms with van der Waals surface area (Å²) in [6.45, 7) is 0. The van der Waals surface area contributed by atoms with Gasteiger partial charge in [0.2, 0.25) is 0 Å². The van der Waals surface area contributed by atoms with Crippen LogP contribution in [0.5, 0.6) is 0 Å². The Hall–Kier alpha value is -17.1. The summed E-state index contributed by atoms with van der Waals surface area (Å²) < 4.78 is 13.9. The molecule has 0 N–H and O–H groups in total. The van der Waals surface area contributed by atoms with E-state index in [0.717, 1.165) is 0 Å². The topological polar surface area (TPSA) is 29.6 Å². The molecule has 6 heterocycles. The molecule has 0 radical (unpaired) electrons. The molecular formula is C128H90N6. The van der Waals surface area contributed by atoms with E-state index in [1.54, 1.807) is 0 Å². The van der Waals surface area contributed by atoms with Gasteiger partial charge >= 0.3 is 0 Å². The van der Waals surface area contributed by atoms with Crippen LogP contribution in [0.25, 0.3) is 271 Å². The summed E-state index contributed by atoms with van der Waals surface area (Å²) in [6.07, 6.45) is 0. The zero-order valence-corrected chi connectivity index (χ0v) is 75.3. The highest BCUT2D eigenvalue weighted by Gasteiger charge is 2.22. The van der Waals surface area contributed by atoms with Gasteiger partial charge in [-0.05, 0) is 197 Å². The van der Waals surface area contributed by atoms with Crippen molar-refractivity contribution in [2.75, 3.05) is 0 Å². The number of aryl methyl sites for hydroxylation is 6. The summed E-state index contributed by atoms with van der Waals surface area (Å²) in [5, 5.41) is 50.6. The predicted molar refractivity (Wildman–Crippen MR) is 581 cm³/mol. The second-order valence-electron chi connectivity index (χ2n) is 36.4. The molecule has 0 bridgehead atoms. The highest BCUT2D eigenvalue weighted by molar-refractivity contribution is 6.35. The molecule has 6 aromatic heterocycles. The van der Waals surface area contributed by atoms with E-state index in [2.05, 4.69) is 506 Å². The SMILES string of the molecule is Cn1c2c3ccccc3ccc2c2ccc3ccccc3c21.Cn1c2cc3ccccc3cc2c2c3ccccc3ccc21.Cn1c2cc3ccccc3cc2c2cc3ccccc3cc21.Cn1c2ccc3ccccc3c2c2c3ccccc3ccc21.Cn1c2ccccc2c2c3ccc4cccc5ccc(cc21)c3c54.Cn1c2ccccc2c2c3ccccc3c3ccccc3c21. The molecule has 134 heavy (non-hydrogen) atoms. The lowest BCUT2D eigenvalue weighted by Gasteiger charge is -2.12. The molecule has 0 saturated heterocycles. The summed E-state index contributed by atoms with van der Waals surface area (Å²) in [6, 6.07) is 158. The van der Waals surface area contributed by atoms with Crippen molar-refractivity contribution in [2.24, 2.45) is 42.3 Å². The lowest BCUT2D eigenvalue weighted by atomic mass is 9.92. The van der Waals surface area contributed by atoms with Crippen LogP contribution in [0.1, 0.15) is 0 Å². The van der Waals surface area contributed by atoms with Crippen molar-refractivity contribution in [3.05, 3.63) is 437 Å². The number of nitrogens with zero attached hydrogens (tertiary/aromatic N) is 6. The number of aromatic nitrogens is 6. The van der Waals surface area contributed by atoms with Crippen molar-refractivity contribution < 1.29 is 0 Å². The van der Waals surface area contributed by atoms with Crippen LogP contribution < -0.4 is 0 Å². The Morgan fingerprint density at radius 2 is 0.381 bits per heavy atom. The first-order valence-electron chi connectivity index (χ1n) is 46.5. The third-order valence-electron chi connectivity index (χ3n) is 29.4. The van der Waals surface area contributed by atoms with Gasteiger partial charge in [-0.25, -0.2) is 0 Å². The molecule has 0 aliphatic heterocycles. The van der Waals surface area contributed by atoms with Gasteiger partial charge in [0.05, 0.1) is 22.1 Å². The fraction of sp³-hybridized carbons (Fsp3) is 0.0469. The smallest absolute Gasteiger partial charge is 0.0574 e. The second-order valence-corrected chi connectivity index (χ2v) is 36.4. The van der Waals surface area contributed by atoms with Crippen molar-refractivity contribution in [1.29, 1.82) is 0 Å². The van der Waals surface area contributed by atoms with Crippen LogP contribution in [-0.2, 0) is 42.3 Å². The normalized spacial score (nSPS) is 12.0. The van der Waals surface area contributed by atoms with E-state index >= 15 is 0 Å². The molecule has 25 aromatic carbocycles. The Kier molecular flexibility index (Phi) is 17.9. The maximum absolute atomic E-state index is 2.36. The molecule has 0 aliphatic carbocycles. The van der Waals surface area contributed by atoms with Crippen LogP contribution in [0.15, 0.2) is 437 Å². The summed E-state index contributed by atoms with van der Waals surface area (Å²) in [7, 11) is 13.0. The summed E-state index contributed by atoms with van der Waals surface area (Å²) >= 11 is 0. The van der Waals surface area contributed by atoms with E-state index in [9.17, 15) is 0 Å². The molecule has 0 spiro atoms. The average Bonchev–Trinajstić information content (AvgIpc) is 1.36. The van der Waals surface area contributed by atoms with E-state index in [0.29, 0.717) is 0 Å². The molecule has 632 valence electrons. The van der Waals surface area contributed by atoms with Crippen LogP contribution in [0, 0.1) is 0 Å². The van der Waals surface area contributed by atoms with Crippen LogP contribution in [0.2, 0.25) is 0 Å². The first kappa shape index (κ1) is 78.0. The van der Waals surface area contributed by atoms with Crippen LogP contribution in [0.4, 0.5) is 0 Å². The van der Waals surface area contributed by atoms with E-state index < -0.39 is 0 Å². The van der Waals surface area contributed by atoms with Gasteiger partial charge in [-0.2, -0.15) is 0 Å². The third-order valence-corrected chi connectivity index (χ3v) is 29.4. The van der Waals surface area contributed by atoms with Gasteiger partial charge in [0.1, 0.15) is 0 Å². The molecule has 0 atom stereocenters. The quantitative estimate of drug-likeness (QED) is 0.135. The summed E-state index contributed by atoms with van der Waals surface area (Å²) in [5.74, 6) is 0. The minimum absolute atomic E-state index is 1.29. The van der Waals surface area contributed by atoms with Gasteiger partial charge in [-0.1, -0.05) is 364 Å². The number of rotatable bonds is 0. The van der Waals surface area contributed by atoms with Crippen molar-refractivity contribution in [3.63, 3.8) is 0 Å². The molecule has 0 saturated carbocycles. The van der Waals surface area contributed by atoms with E-state index in [-0.39, 0.29) is 0 Å².